The molecule has 1 aromatic heterocycles. The number of aromatic nitrogens is 2. The van der Waals surface area contributed by atoms with Crippen LogP contribution in [-0.4, -0.2) is 27.8 Å². The van der Waals surface area contributed by atoms with Crippen molar-refractivity contribution in [3.8, 4) is 0 Å². The third-order valence-electron chi connectivity index (χ3n) is 4.04. The van der Waals surface area contributed by atoms with E-state index >= 15 is 0 Å². The van der Waals surface area contributed by atoms with Crippen molar-refractivity contribution >= 4 is 17.1 Å². The van der Waals surface area contributed by atoms with E-state index in [4.69, 9.17) is 5.73 Å². The van der Waals surface area contributed by atoms with Gasteiger partial charge in [-0.25, -0.2) is 0 Å². The molecule has 2 N–H and O–H groups in total. The van der Waals surface area contributed by atoms with Crippen LogP contribution in [0.5, 0.6) is 0 Å². The maximum absolute atomic E-state index is 11.3. The molecule has 0 unspecified atom stereocenters. The minimum Gasteiger partial charge on any atom is -0.399 e. The summed E-state index contributed by atoms with van der Waals surface area (Å²) in [6.45, 7) is 3.50. The topological polar surface area (TPSA) is 90.2 Å². The second-order valence-electron chi connectivity index (χ2n) is 5.75. The summed E-state index contributed by atoms with van der Waals surface area (Å²) in [5.41, 5.74) is 8.17. The molecule has 7 nitrogen and oxygen atoms in total. The monoisotopic (exact) mass is 301 g/mol. The van der Waals surface area contributed by atoms with E-state index in [9.17, 15) is 10.1 Å². The predicted molar refractivity (Wildman–Crippen MR) is 85.0 cm³/mol. The van der Waals surface area contributed by atoms with Crippen LogP contribution in [0.3, 0.4) is 0 Å². The Bertz CT molecular complexity index is 697. The number of hydrogen-bond donors (Lipinski definition) is 1. The molecule has 0 radical (unpaired) electrons. The quantitative estimate of drug-likeness (QED) is 0.534. The lowest BCUT2D eigenvalue weighted by Crippen LogP contribution is -2.37. The van der Waals surface area contributed by atoms with Crippen molar-refractivity contribution in [3.63, 3.8) is 0 Å². The van der Waals surface area contributed by atoms with E-state index in [1.807, 2.05) is 28.9 Å². The zero-order chi connectivity index (χ0) is 15.7. The summed E-state index contributed by atoms with van der Waals surface area (Å²) in [6, 6.07) is 4.96. The largest absolute Gasteiger partial charge is 0.399 e. The van der Waals surface area contributed by atoms with Crippen LogP contribution in [-0.2, 0) is 0 Å². The smallest absolute Gasteiger partial charge is 0.292 e. The zero-order valence-corrected chi connectivity index (χ0v) is 12.5. The Hall–Kier alpha value is -2.57. The van der Waals surface area contributed by atoms with Gasteiger partial charge in [-0.15, -0.1) is 0 Å². The summed E-state index contributed by atoms with van der Waals surface area (Å²) in [7, 11) is 0. The Kier molecular flexibility index (Phi) is 3.70. The molecule has 0 bridgehead atoms. The second kappa shape index (κ2) is 5.67. The standard InChI is InChI=1S/C15H19N5O2/c1-11-8-17-19(9-11)13-3-2-6-18(10-13)15-7-12(16)4-5-14(15)20(21)22/h4-5,7-9,13H,2-3,6,10,16H2,1H3/t13-/m1/s1. The van der Waals surface area contributed by atoms with Gasteiger partial charge in [-0.05, 0) is 37.5 Å². The summed E-state index contributed by atoms with van der Waals surface area (Å²) >= 11 is 0. The number of aryl methyl sites for hydroxylation is 1. The SMILES string of the molecule is Cc1cnn([C@@H]2CCCN(c3cc(N)ccc3[N+](=O)[O-])C2)c1. The van der Waals surface area contributed by atoms with Crippen LogP contribution < -0.4 is 10.6 Å². The third-order valence-corrected chi connectivity index (χ3v) is 4.04. The number of rotatable bonds is 3. The molecule has 2 aromatic rings. The number of nitrogens with two attached hydrogens (primary N) is 1. The molecular weight excluding hydrogens is 282 g/mol. The van der Waals surface area contributed by atoms with Gasteiger partial charge in [0.1, 0.15) is 5.69 Å². The highest BCUT2D eigenvalue weighted by Crippen LogP contribution is 2.34. The van der Waals surface area contributed by atoms with Gasteiger partial charge in [0.05, 0.1) is 17.2 Å². The van der Waals surface area contributed by atoms with Crippen molar-refractivity contribution in [3.05, 3.63) is 46.3 Å². The van der Waals surface area contributed by atoms with Crippen molar-refractivity contribution < 1.29 is 4.92 Å². The molecule has 1 aliphatic heterocycles. The molecule has 1 atom stereocenters. The zero-order valence-electron chi connectivity index (χ0n) is 12.5. The summed E-state index contributed by atoms with van der Waals surface area (Å²) in [6.07, 6.45) is 5.84. The third kappa shape index (κ3) is 2.74. The first kappa shape index (κ1) is 14.4. The van der Waals surface area contributed by atoms with Crippen LogP contribution >= 0.6 is 0 Å². The van der Waals surface area contributed by atoms with Gasteiger partial charge in [0.2, 0.25) is 0 Å². The van der Waals surface area contributed by atoms with Crippen molar-refractivity contribution in [1.29, 1.82) is 0 Å². The summed E-state index contributed by atoms with van der Waals surface area (Å²) < 4.78 is 1.96. The second-order valence-corrected chi connectivity index (χ2v) is 5.75. The highest BCUT2D eigenvalue weighted by Gasteiger charge is 2.26. The van der Waals surface area contributed by atoms with Gasteiger partial charge in [0.15, 0.2) is 0 Å². The maximum atomic E-state index is 11.3. The number of anilines is 2. The van der Waals surface area contributed by atoms with E-state index in [1.54, 1.807) is 12.1 Å². The van der Waals surface area contributed by atoms with Gasteiger partial charge >= 0.3 is 0 Å². The minimum atomic E-state index is -0.351. The fourth-order valence-corrected chi connectivity index (χ4v) is 2.97. The Balaban J connectivity index is 1.89. The lowest BCUT2D eigenvalue weighted by atomic mass is 10.0. The molecule has 7 heteroatoms. The van der Waals surface area contributed by atoms with Crippen molar-refractivity contribution in [2.24, 2.45) is 0 Å². The van der Waals surface area contributed by atoms with Gasteiger partial charge < -0.3 is 10.6 Å². The molecule has 2 heterocycles. The molecule has 3 rings (SSSR count). The molecule has 0 spiro atoms. The first-order chi connectivity index (χ1) is 10.5. The number of hydrogen-bond acceptors (Lipinski definition) is 5. The van der Waals surface area contributed by atoms with Crippen LogP contribution in [0.4, 0.5) is 17.1 Å². The van der Waals surface area contributed by atoms with Crippen LogP contribution in [0.1, 0.15) is 24.4 Å². The van der Waals surface area contributed by atoms with Gasteiger partial charge in [-0.3, -0.25) is 14.8 Å². The van der Waals surface area contributed by atoms with E-state index < -0.39 is 0 Å². The number of nitro benzene ring substituents is 1. The van der Waals surface area contributed by atoms with E-state index in [0.29, 0.717) is 17.9 Å². The number of nitrogen functional groups attached to an aromatic ring is 1. The van der Waals surface area contributed by atoms with E-state index in [1.165, 1.54) is 6.07 Å². The predicted octanol–water partition coefficient (Wildman–Crippen LogP) is 2.52. The van der Waals surface area contributed by atoms with E-state index in [2.05, 4.69) is 5.10 Å². The van der Waals surface area contributed by atoms with Crippen molar-refractivity contribution in [1.82, 2.24) is 9.78 Å². The van der Waals surface area contributed by atoms with E-state index in [-0.39, 0.29) is 16.7 Å². The molecular formula is C15H19N5O2. The average molecular weight is 301 g/mol. The molecule has 1 aromatic carbocycles. The van der Waals surface area contributed by atoms with Gasteiger partial charge in [0, 0.05) is 31.0 Å². The Morgan fingerprint density at radius 3 is 2.95 bits per heavy atom. The maximum Gasteiger partial charge on any atom is 0.292 e. The number of nitrogens with zero attached hydrogens (tertiary/aromatic N) is 4. The molecule has 1 fully saturated rings. The van der Waals surface area contributed by atoms with Gasteiger partial charge in [0.25, 0.3) is 5.69 Å². The van der Waals surface area contributed by atoms with Crippen LogP contribution in [0, 0.1) is 17.0 Å². The van der Waals surface area contributed by atoms with Gasteiger partial charge in [-0.1, -0.05) is 0 Å². The highest BCUT2D eigenvalue weighted by atomic mass is 16.6. The summed E-state index contributed by atoms with van der Waals surface area (Å²) in [5.74, 6) is 0. The average Bonchev–Trinajstić information content (AvgIpc) is 2.93. The molecule has 1 saturated heterocycles. The van der Waals surface area contributed by atoms with Gasteiger partial charge in [-0.2, -0.15) is 5.10 Å². The van der Waals surface area contributed by atoms with E-state index in [0.717, 1.165) is 24.9 Å². The first-order valence-corrected chi connectivity index (χ1v) is 7.34. The number of piperidine rings is 1. The Labute approximate surface area is 128 Å². The fourth-order valence-electron chi connectivity index (χ4n) is 2.97. The van der Waals surface area contributed by atoms with Crippen LogP contribution in [0.2, 0.25) is 0 Å². The van der Waals surface area contributed by atoms with Crippen molar-refractivity contribution in [2.45, 2.75) is 25.8 Å². The molecule has 0 saturated carbocycles. The molecule has 22 heavy (non-hydrogen) atoms. The number of nitro groups is 1. The lowest BCUT2D eigenvalue weighted by Gasteiger charge is -2.34. The Morgan fingerprint density at radius 2 is 2.27 bits per heavy atom. The fraction of sp³-hybridized carbons (Fsp3) is 0.400. The summed E-state index contributed by atoms with van der Waals surface area (Å²) in [5, 5.41) is 15.6. The van der Waals surface area contributed by atoms with Crippen LogP contribution in [0.15, 0.2) is 30.6 Å². The first-order valence-electron chi connectivity index (χ1n) is 7.34. The normalized spacial score (nSPS) is 18.4. The molecule has 0 amide bonds. The van der Waals surface area contributed by atoms with Crippen molar-refractivity contribution in [2.75, 3.05) is 23.7 Å². The number of benzene rings is 1. The summed E-state index contributed by atoms with van der Waals surface area (Å²) in [4.78, 5) is 12.9. The molecule has 0 aliphatic carbocycles. The molecule has 1 aliphatic rings. The lowest BCUT2D eigenvalue weighted by molar-refractivity contribution is -0.384. The minimum absolute atomic E-state index is 0.103. The van der Waals surface area contributed by atoms with Crippen LogP contribution in [0.25, 0.3) is 0 Å². The molecule has 116 valence electrons. The highest BCUT2D eigenvalue weighted by molar-refractivity contribution is 5.68. The Morgan fingerprint density at radius 1 is 1.45 bits per heavy atom.